The first-order chi connectivity index (χ1) is 11.9. The molecule has 134 valence electrons. The number of halogens is 2. The van der Waals surface area contributed by atoms with Gasteiger partial charge in [-0.15, -0.1) is 0 Å². The van der Waals surface area contributed by atoms with Crippen LogP contribution in [0.15, 0.2) is 60.7 Å². The minimum atomic E-state index is -1.34. The Bertz CT molecular complexity index is 612. The zero-order chi connectivity index (χ0) is 18.3. The van der Waals surface area contributed by atoms with Crippen LogP contribution in [0.4, 0.5) is 4.39 Å². The highest BCUT2D eigenvalue weighted by Gasteiger charge is 2.33. The molecule has 0 aliphatic rings. The smallest absolute Gasteiger partial charge is 0.187 e. The summed E-state index contributed by atoms with van der Waals surface area (Å²) < 4.78 is 20.0. The van der Waals surface area contributed by atoms with Gasteiger partial charge in [-0.1, -0.05) is 72.3 Å². The lowest BCUT2D eigenvalue weighted by molar-refractivity contribution is -0.127. The molecule has 2 aromatic rings. The molecule has 2 unspecified atom stereocenters. The number of alkyl halides is 2. The van der Waals surface area contributed by atoms with Gasteiger partial charge in [-0.3, -0.25) is 4.79 Å². The Kier molecular flexibility index (Phi) is 7.12. The van der Waals surface area contributed by atoms with E-state index in [-0.39, 0.29) is 12.6 Å². The SMILES string of the molecule is CC(C)(OC(Cl)C=O)C(F)CNC(c1ccccc1)c1ccccc1. The molecule has 25 heavy (non-hydrogen) atoms. The van der Waals surface area contributed by atoms with E-state index >= 15 is 0 Å². The van der Waals surface area contributed by atoms with E-state index in [0.29, 0.717) is 6.29 Å². The maximum atomic E-state index is 14.7. The van der Waals surface area contributed by atoms with E-state index in [1.165, 1.54) is 0 Å². The summed E-state index contributed by atoms with van der Waals surface area (Å²) >= 11 is 5.67. The van der Waals surface area contributed by atoms with Gasteiger partial charge >= 0.3 is 0 Å². The molecular formula is C20H23ClFNO2. The quantitative estimate of drug-likeness (QED) is 0.534. The van der Waals surface area contributed by atoms with E-state index in [2.05, 4.69) is 5.32 Å². The standard InChI is InChI=1S/C20H23ClFNO2/c1-20(2,25-18(21)14-24)17(22)13-23-19(15-9-5-3-6-10-15)16-11-7-4-8-12-16/h3-12,14,17-19,23H,13H2,1-2H3. The predicted octanol–water partition coefficient (Wildman–Crippen LogP) is 4.26. The van der Waals surface area contributed by atoms with Crippen LogP contribution in [0.5, 0.6) is 0 Å². The monoisotopic (exact) mass is 363 g/mol. The third-order valence-electron chi connectivity index (χ3n) is 4.04. The summed E-state index contributed by atoms with van der Waals surface area (Å²) in [6.45, 7) is 3.22. The lowest BCUT2D eigenvalue weighted by Gasteiger charge is -2.31. The summed E-state index contributed by atoms with van der Waals surface area (Å²) in [5.74, 6) is 0. The minimum absolute atomic E-state index is 0.0594. The van der Waals surface area contributed by atoms with E-state index in [1.807, 2.05) is 60.7 Å². The first kappa shape index (κ1) is 19.6. The van der Waals surface area contributed by atoms with Crippen molar-refractivity contribution in [2.45, 2.75) is 37.2 Å². The molecule has 2 rings (SSSR count). The zero-order valence-corrected chi connectivity index (χ0v) is 15.1. The summed E-state index contributed by atoms with van der Waals surface area (Å²) in [5, 5.41) is 3.26. The fourth-order valence-corrected chi connectivity index (χ4v) is 2.81. The van der Waals surface area contributed by atoms with Gasteiger partial charge in [0, 0.05) is 6.54 Å². The van der Waals surface area contributed by atoms with Crippen LogP contribution in [0, 0.1) is 0 Å². The normalized spacial score (nSPS) is 14.3. The molecule has 0 saturated heterocycles. The highest BCUT2D eigenvalue weighted by atomic mass is 35.5. The number of hydrogen-bond donors (Lipinski definition) is 1. The second-order valence-electron chi connectivity index (χ2n) is 6.34. The van der Waals surface area contributed by atoms with Crippen LogP contribution in [-0.2, 0) is 9.53 Å². The van der Waals surface area contributed by atoms with Gasteiger partial charge < -0.3 is 10.1 Å². The molecule has 0 aromatic heterocycles. The fraction of sp³-hybridized carbons (Fsp3) is 0.350. The van der Waals surface area contributed by atoms with Crippen LogP contribution in [0.3, 0.4) is 0 Å². The van der Waals surface area contributed by atoms with Crippen LogP contribution >= 0.6 is 11.6 Å². The predicted molar refractivity (Wildman–Crippen MR) is 98.5 cm³/mol. The van der Waals surface area contributed by atoms with Crippen molar-refractivity contribution >= 4 is 17.9 Å². The molecule has 0 fully saturated rings. The Balaban J connectivity index is 2.11. The van der Waals surface area contributed by atoms with Crippen molar-refractivity contribution < 1.29 is 13.9 Å². The van der Waals surface area contributed by atoms with E-state index < -0.39 is 17.3 Å². The maximum Gasteiger partial charge on any atom is 0.187 e. The van der Waals surface area contributed by atoms with Crippen molar-refractivity contribution in [2.24, 2.45) is 0 Å². The number of hydrogen-bond acceptors (Lipinski definition) is 3. The lowest BCUT2D eigenvalue weighted by atomic mass is 9.97. The van der Waals surface area contributed by atoms with Crippen LogP contribution in [0.2, 0.25) is 0 Å². The van der Waals surface area contributed by atoms with Gasteiger partial charge in [-0.2, -0.15) is 0 Å². The second-order valence-corrected chi connectivity index (χ2v) is 6.77. The molecule has 0 spiro atoms. The number of carbonyl (C=O) groups is 1. The minimum Gasteiger partial charge on any atom is -0.346 e. The average molecular weight is 364 g/mol. The van der Waals surface area contributed by atoms with E-state index in [0.717, 1.165) is 11.1 Å². The van der Waals surface area contributed by atoms with Crippen molar-refractivity contribution in [3.63, 3.8) is 0 Å². The van der Waals surface area contributed by atoms with E-state index in [9.17, 15) is 9.18 Å². The number of carbonyl (C=O) groups excluding carboxylic acids is 1. The highest BCUT2D eigenvalue weighted by Crippen LogP contribution is 2.25. The van der Waals surface area contributed by atoms with Gasteiger partial charge in [0.1, 0.15) is 6.17 Å². The van der Waals surface area contributed by atoms with Gasteiger partial charge in [-0.05, 0) is 25.0 Å². The maximum absolute atomic E-state index is 14.7. The van der Waals surface area contributed by atoms with Crippen molar-refractivity contribution in [3.05, 3.63) is 71.8 Å². The fourth-order valence-electron chi connectivity index (χ4n) is 2.58. The molecule has 3 nitrogen and oxygen atoms in total. The average Bonchev–Trinajstić information content (AvgIpc) is 2.63. The first-order valence-electron chi connectivity index (χ1n) is 8.18. The van der Waals surface area contributed by atoms with Crippen molar-refractivity contribution in [2.75, 3.05) is 6.54 Å². The lowest BCUT2D eigenvalue weighted by Crippen LogP contribution is -2.45. The van der Waals surface area contributed by atoms with Crippen LogP contribution in [-0.4, -0.2) is 30.2 Å². The summed E-state index contributed by atoms with van der Waals surface area (Å²) in [4.78, 5) is 10.6. The summed E-state index contributed by atoms with van der Waals surface area (Å²) in [6.07, 6.45) is -0.899. The third kappa shape index (κ3) is 5.63. The molecular weight excluding hydrogens is 341 g/mol. The van der Waals surface area contributed by atoms with Crippen molar-refractivity contribution in [1.82, 2.24) is 5.32 Å². The van der Waals surface area contributed by atoms with Gasteiger partial charge in [0.2, 0.25) is 0 Å². The molecule has 0 aliphatic heterocycles. The van der Waals surface area contributed by atoms with Crippen LogP contribution in [0.25, 0.3) is 0 Å². The largest absolute Gasteiger partial charge is 0.346 e. The van der Waals surface area contributed by atoms with E-state index in [1.54, 1.807) is 13.8 Å². The van der Waals surface area contributed by atoms with Gasteiger partial charge in [0.15, 0.2) is 11.8 Å². The molecule has 0 bridgehead atoms. The molecule has 0 heterocycles. The molecule has 0 radical (unpaired) electrons. The highest BCUT2D eigenvalue weighted by molar-refractivity contribution is 6.26. The zero-order valence-electron chi connectivity index (χ0n) is 14.4. The third-order valence-corrected chi connectivity index (χ3v) is 4.24. The Morgan fingerprint density at radius 1 is 1.08 bits per heavy atom. The van der Waals surface area contributed by atoms with Gasteiger partial charge in [0.05, 0.1) is 11.6 Å². The number of nitrogens with one attached hydrogen (secondary N) is 1. The number of aldehydes is 1. The van der Waals surface area contributed by atoms with Crippen molar-refractivity contribution in [1.29, 1.82) is 0 Å². The molecule has 2 atom stereocenters. The Morgan fingerprint density at radius 3 is 2.00 bits per heavy atom. The summed E-state index contributed by atoms with van der Waals surface area (Å²) in [6, 6.07) is 19.6. The van der Waals surface area contributed by atoms with Crippen LogP contribution in [0.1, 0.15) is 31.0 Å². The molecule has 0 aliphatic carbocycles. The van der Waals surface area contributed by atoms with Gasteiger partial charge in [-0.25, -0.2) is 4.39 Å². The topological polar surface area (TPSA) is 38.3 Å². The second kappa shape index (κ2) is 9.09. The van der Waals surface area contributed by atoms with Crippen LogP contribution < -0.4 is 5.32 Å². The van der Waals surface area contributed by atoms with Crippen molar-refractivity contribution in [3.8, 4) is 0 Å². The summed E-state index contributed by atoms with van der Waals surface area (Å²) in [7, 11) is 0. The molecule has 0 amide bonds. The van der Waals surface area contributed by atoms with Gasteiger partial charge in [0.25, 0.3) is 0 Å². The molecule has 1 N–H and O–H groups in total. The Labute approximate surface area is 153 Å². The Hall–Kier alpha value is -1.75. The number of benzene rings is 2. The Morgan fingerprint density at radius 2 is 1.56 bits per heavy atom. The van der Waals surface area contributed by atoms with E-state index in [4.69, 9.17) is 16.3 Å². The molecule has 0 saturated carbocycles. The molecule has 5 heteroatoms. The number of ether oxygens (including phenoxy) is 1. The number of rotatable bonds is 9. The first-order valence-corrected chi connectivity index (χ1v) is 8.62. The summed E-state index contributed by atoms with van der Waals surface area (Å²) in [5.41, 5.74) is -0.254. The molecule has 2 aromatic carbocycles.